The van der Waals surface area contributed by atoms with Crippen molar-refractivity contribution in [2.75, 3.05) is 32.8 Å². The van der Waals surface area contributed by atoms with Crippen LogP contribution in [0.5, 0.6) is 5.75 Å². The molecule has 0 aromatic heterocycles. The van der Waals surface area contributed by atoms with Crippen LogP contribution < -0.4 is 26.4 Å². The third kappa shape index (κ3) is 15.9. The highest BCUT2D eigenvalue weighted by molar-refractivity contribution is 5.93. The number of ether oxygens (including phenoxy) is 2. The van der Waals surface area contributed by atoms with Crippen LogP contribution in [0.25, 0.3) is 10.4 Å². The number of carbonyl (C=O) groups is 4. The summed E-state index contributed by atoms with van der Waals surface area (Å²) in [7, 11) is 0. The fourth-order valence-electron chi connectivity index (χ4n) is 3.99. The van der Waals surface area contributed by atoms with Crippen LogP contribution in [0.2, 0.25) is 0 Å². The quantitative estimate of drug-likeness (QED) is 0.0434. The molecule has 6 N–H and O–H groups in total. The fraction of sp³-hybridized carbons (Fsp3) is 0.655. The van der Waals surface area contributed by atoms with Gasteiger partial charge in [-0.1, -0.05) is 11.5 Å². The van der Waals surface area contributed by atoms with E-state index in [1.165, 1.54) is 19.1 Å². The average Bonchev–Trinajstić information content (AvgIpc) is 2.92. The minimum atomic E-state index is -1.20. The molecule has 43 heavy (non-hydrogen) atoms. The van der Waals surface area contributed by atoms with Crippen LogP contribution in [0.3, 0.4) is 0 Å². The molecule has 3 amide bonds. The minimum Gasteiger partial charge on any atom is -0.492 e. The van der Waals surface area contributed by atoms with Gasteiger partial charge < -0.3 is 30.9 Å². The Kier molecular flexibility index (Phi) is 16.3. The second-order valence-electron chi connectivity index (χ2n) is 11.3. The third-order valence-electron chi connectivity index (χ3n) is 6.57. The number of benzene rings is 1. The van der Waals surface area contributed by atoms with Crippen molar-refractivity contribution in [3.63, 3.8) is 0 Å². The van der Waals surface area contributed by atoms with Gasteiger partial charge in [-0.15, -0.1) is 0 Å². The Labute approximate surface area is 253 Å². The van der Waals surface area contributed by atoms with Gasteiger partial charge in [0.1, 0.15) is 24.2 Å². The molecule has 14 nitrogen and oxygen atoms in total. The van der Waals surface area contributed by atoms with Crippen molar-refractivity contribution in [1.82, 2.24) is 16.0 Å². The van der Waals surface area contributed by atoms with Gasteiger partial charge in [0.2, 0.25) is 17.7 Å². The van der Waals surface area contributed by atoms with Gasteiger partial charge in [0.25, 0.3) is 0 Å². The molecule has 1 atom stereocenters. The van der Waals surface area contributed by atoms with E-state index >= 15 is 0 Å². The highest BCUT2D eigenvalue weighted by atomic mass is 16.5. The number of carbonyl (C=O) groups excluding carboxylic acids is 4. The number of primary amides is 1. The zero-order chi connectivity index (χ0) is 32.5. The van der Waals surface area contributed by atoms with E-state index < -0.39 is 23.3 Å². The van der Waals surface area contributed by atoms with Crippen LogP contribution in [-0.4, -0.2) is 72.6 Å². The summed E-state index contributed by atoms with van der Waals surface area (Å²) in [4.78, 5) is 50.5. The van der Waals surface area contributed by atoms with E-state index in [1.54, 1.807) is 19.9 Å². The van der Waals surface area contributed by atoms with Gasteiger partial charge >= 0.3 is 0 Å². The van der Waals surface area contributed by atoms with Crippen LogP contribution in [0.1, 0.15) is 95.3 Å². The van der Waals surface area contributed by atoms with Gasteiger partial charge in [-0.05, 0) is 83.2 Å². The van der Waals surface area contributed by atoms with Crippen LogP contribution >= 0.6 is 0 Å². The number of nitrogens with two attached hydrogens (primary N) is 1. The van der Waals surface area contributed by atoms with Crippen LogP contribution in [0.4, 0.5) is 0 Å². The van der Waals surface area contributed by atoms with Crippen molar-refractivity contribution in [3.8, 4) is 5.75 Å². The number of nitrogens with one attached hydrogen (secondary N) is 3. The molecular weight excluding hydrogens is 558 g/mol. The maximum atomic E-state index is 12.3. The van der Waals surface area contributed by atoms with E-state index in [1.807, 2.05) is 13.8 Å². The molecule has 240 valence electrons. The van der Waals surface area contributed by atoms with Gasteiger partial charge in [0.05, 0.1) is 12.1 Å². The zero-order valence-corrected chi connectivity index (χ0v) is 25.9. The first kappa shape index (κ1) is 37.3. The summed E-state index contributed by atoms with van der Waals surface area (Å²) < 4.78 is 11.6. The molecule has 0 radical (unpaired) electrons. The van der Waals surface area contributed by atoms with Crippen molar-refractivity contribution < 1.29 is 33.8 Å². The van der Waals surface area contributed by atoms with Gasteiger partial charge in [0.15, 0.2) is 5.78 Å². The normalized spacial score (nSPS) is 12.1. The maximum Gasteiger partial charge on any atom is 0.248 e. The smallest absolute Gasteiger partial charge is 0.248 e. The number of hydrogen-bond acceptors (Lipinski definition) is 9. The first-order valence-electron chi connectivity index (χ1n) is 14.4. The van der Waals surface area contributed by atoms with Gasteiger partial charge in [-0.25, -0.2) is 0 Å². The first-order valence-corrected chi connectivity index (χ1v) is 14.4. The van der Waals surface area contributed by atoms with E-state index in [-0.39, 0.29) is 55.0 Å². The van der Waals surface area contributed by atoms with Crippen LogP contribution in [0.15, 0.2) is 23.3 Å². The van der Waals surface area contributed by atoms with E-state index in [2.05, 4.69) is 26.0 Å². The maximum absolute atomic E-state index is 12.3. The molecule has 0 saturated heterocycles. The predicted molar refractivity (Wildman–Crippen MR) is 161 cm³/mol. The van der Waals surface area contributed by atoms with Crippen molar-refractivity contribution in [2.24, 2.45) is 10.8 Å². The lowest BCUT2D eigenvalue weighted by Crippen LogP contribution is -2.43. The molecule has 1 rings (SSSR count). The van der Waals surface area contributed by atoms with Crippen LogP contribution in [0, 0.1) is 0 Å². The molecule has 0 spiro atoms. The summed E-state index contributed by atoms with van der Waals surface area (Å²) in [5.41, 5.74) is 12.6. The Morgan fingerprint density at radius 2 is 1.67 bits per heavy atom. The Hall–Kier alpha value is -3.71. The van der Waals surface area contributed by atoms with Gasteiger partial charge in [-0.2, -0.15) is 0 Å². The number of rotatable bonds is 22. The molecule has 0 fully saturated rings. The SMILES string of the molecule is CC(=O)C(C)(C)OC(C)(C)CCNC(=O)CCNC(O)c1cc(OCCNC(=O)CCCCCN=[N+]=[N-])cc(C(N)=O)c1. The Morgan fingerprint density at radius 1 is 1.00 bits per heavy atom. The van der Waals surface area contributed by atoms with Crippen molar-refractivity contribution in [2.45, 2.75) is 90.6 Å². The standard InChI is InChI=1S/C29H47N7O7/c1-20(37)29(4,5)43-28(2,3)11-14-32-25(39)10-13-34-27(41)22-17-21(26(30)40)18-23(19-22)42-16-15-33-24(38)9-7-6-8-12-35-36-31/h17-19,27,34,41H,6-16H2,1-5H3,(H2,30,40)(H,32,39)(H,33,38). The number of unbranched alkanes of at least 4 members (excludes halogenated alkanes) is 2. The average molecular weight is 606 g/mol. The summed E-state index contributed by atoms with van der Waals surface area (Å²) >= 11 is 0. The van der Waals surface area contributed by atoms with E-state index in [0.29, 0.717) is 37.9 Å². The number of aliphatic hydroxyl groups excluding tert-OH is 1. The number of ketones is 1. The summed E-state index contributed by atoms with van der Waals surface area (Å²) in [6, 6.07) is 4.42. The summed E-state index contributed by atoms with van der Waals surface area (Å²) in [6.45, 7) is 9.89. The monoisotopic (exact) mass is 605 g/mol. The molecule has 1 aromatic carbocycles. The number of Topliss-reactive ketones (excluding diaryl/α,β-unsaturated/α-hetero) is 1. The summed E-state index contributed by atoms with van der Waals surface area (Å²) in [5.74, 6) is -0.856. The predicted octanol–water partition coefficient (Wildman–Crippen LogP) is 2.79. The molecular formula is C29H47N7O7. The van der Waals surface area contributed by atoms with Crippen molar-refractivity contribution in [1.29, 1.82) is 0 Å². The van der Waals surface area contributed by atoms with E-state index in [0.717, 1.165) is 12.8 Å². The lowest BCUT2D eigenvalue weighted by molar-refractivity contribution is -0.159. The highest BCUT2D eigenvalue weighted by Crippen LogP contribution is 2.24. The lowest BCUT2D eigenvalue weighted by Gasteiger charge is -2.34. The third-order valence-corrected chi connectivity index (χ3v) is 6.57. The molecule has 0 heterocycles. The molecule has 0 aliphatic carbocycles. The minimum absolute atomic E-state index is 0.0817. The van der Waals surface area contributed by atoms with Gasteiger partial charge in [0, 0.05) is 43.0 Å². The molecule has 1 unspecified atom stereocenters. The Morgan fingerprint density at radius 3 is 2.33 bits per heavy atom. The topological polar surface area (TPSA) is 218 Å². The Bertz CT molecular complexity index is 1130. The summed E-state index contributed by atoms with van der Waals surface area (Å²) in [6.07, 6.45) is 1.92. The second kappa shape index (κ2) is 18.7. The highest BCUT2D eigenvalue weighted by Gasteiger charge is 2.32. The van der Waals surface area contributed by atoms with E-state index in [9.17, 15) is 24.3 Å². The number of nitrogens with zero attached hydrogens (tertiary/aromatic N) is 3. The lowest BCUT2D eigenvalue weighted by atomic mass is 9.99. The van der Waals surface area contributed by atoms with Crippen molar-refractivity contribution in [3.05, 3.63) is 39.8 Å². The fourth-order valence-corrected chi connectivity index (χ4v) is 3.99. The number of hydrogen-bond donors (Lipinski definition) is 5. The molecule has 14 heteroatoms. The molecule has 0 bridgehead atoms. The number of aliphatic hydroxyl groups is 1. The van der Waals surface area contributed by atoms with Gasteiger partial charge in [-0.3, -0.25) is 24.5 Å². The number of amides is 3. The van der Waals surface area contributed by atoms with Crippen LogP contribution in [-0.2, 0) is 19.1 Å². The molecule has 0 aliphatic rings. The molecule has 0 aliphatic heterocycles. The van der Waals surface area contributed by atoms with E-state index in [4.69, 9.17) is 20.7 Å². The second-order valence-corrected chi connectivity index (χ2v) is 11.3. The van der Waals surface area contributed by atoms with Crippen molar-refractivity contribution >= 4 is 23.5 Å². The zero-order valence-electron chi connectivity index (χ0n) is 25.9. The molecule has 1 aromatic rings. The first-order chi connectivity index (χ1) is 20.2. The molecule has 0 saturated carbocycles. The summed E-state index contributed by atoms with van der Waals surface area (Å²) in [5, 5.41) is 22.5. The number of azide groups is 1. The Balaban J connectivity index is 2.49. The largest absolute Gasteiger partial charge is 0.492 e.